The number of furan rings is 2. The maximum absolute atomic E-state index is 6.70. The molecule has 0 aliphatic heterocycles. The molecule has 4 nitrogen and oxygen atoms in total. The highest BCUT2D eigenvalue weighted by atomic mass is 32.1. The van der Waals surface area contributed by atoms with Crippen LogP contribution >= 0.6 is 22.7 Å². The van der Waals surface area contributed by atoms with E-state index in [1.807, 2.05) is 34.8 Å². The minimum atomic E-state index is 0.866. The molecule has 0 aliphatic rings. The molecule has 0 aliphatic carbocycles. The second-order valence-corrected chi connectivity index (χ2v) is 21.6. The summed E-state index contributed by atoms with van der Waals surface area (Å²) in [6.07, 6.45) is 0. The maximum Gasteiger partial charge on any atom is 0.159 e. The first-order chi connectivity index (χ1) is 37.7. The van der Waals surface area contributed by atoms with Crippen LogP contribution in [-0.4, -0.2) is 0 Å². The van der Waals surface area contributed by atoms with Gasteiger partial charge in [-0.1, -0.05) is 170 Å². The maximum atomic E-state index is 6.70. The summed E-state index contributed by atoms with van der Waals surface area (Å²) >= 11 is 3.78. The Bertz CT molecular complexity index is 4630. The van der Waals surface area contributed by atoms with Crippen LogP contribution in [0.2, 0.25) is 0 Å². The minimum Gasteiger partial charge on any atom is -0.454 e. The van der Waals surface area contributed by atoms with Crippen molar-refractivity contribution in [2.75, 3.05) is 9.80 Å². The first-order valence-electron chi connectivity index (χ1n) is 25.6. The van der Waals surface area contributed by atoms with Gasteiger partial charge in [0.05, 0.1) is 11.4 Å². The largest absolute Gasteiger partial charge is 0.454 e. The molecule has 12 aromatic carbocycles. The molecule has 16 aromatic rings. The highest BCUT2D eigenvalue weighted by Gasteiger charge is 2.26. The monoisotopic (exact) mass is 1010 g/mol. The van der Waals surface area contributed by atoms with E-state index in [0.29, 0.717) is 0 Å². The van der Waals surface area contributed by atoms with E-state index >= 15 is 0 Å². The average Bonchev–Trinajstić information content (AvgIpc) is 4.33. The Morgan fingerprint density at radius 1 is 0.276 bits per heavy atom. The lowest BCUT2D eigenvalue weighted by Crippen LogP contribution is -2.09. The summed E-state index contributed by atoms with van der Waals surface area (Å²) in [4.78, 5) is 4.70. The number of anilines is 6. The second-order valence-electron chi connectivity index (χ2n) is 19.5. The molecule has 0 saturated heterocycles. The molecule has 0 amide bonds. The zero-order chi connectivity index (χ0) is 49.8. The van der Waals surface area contributed by atoms with Crippen molar-refractivity contribution in [1.82, 2.24) is 0 Å². The SMILES string of the molecule is c1ccc(-c2cc3c4ccc(N(c5ccccc5)c5cccc6c5oc5ccccc56)cc4sc3c3c(-c4ccccc4)cc4c5ccc(N(c6ccccc6)c6cccc7c6oc6ccccc67)cc5sc4c23)cc1. The molecule has 76 heavy (non-hydrogen) atoms. The highest BCUT2D eigenvalue weighted by Crippen LogP contribution is 2.54. The summed E-state index contributed by atoms with van der Waals surface area (Å²) in [7, 11) is 0. The number of fused-ring (bicyclic) bond motifs is 15. The molecule has 0 unspecified atom stereocenters. The molecule has 0 N–H and O–H groups in total. The predicted octanol–water partition coefficient (Wildman–Crippen LogP) is 21.6. The normalized spacial score (nSPS) is 11.9. The van der Waals surface area contributed by atoms with E-state index in [1.54, 1.807) is 0 Å². The molecule has 0 bridgehead atoms. The van der Waals surface area contributed by atoms with Gasteiger partial charge in [-0.05, 0) is 107 Å². The smallest absolute Gasteiger partial charge is 0.159 e. The lowest BCUT2D eigenvalue weighted by atomic mass is 9.89. The fourth-order valence-electron chi connectivity index (χ4n) is 11.8. The third kappa shape index (κ3) is 6.61. The van der Waals surface area contributed by atoms with Gasteiger partial charge in [-0.25, -0.2) is 0 Å². The van der Waals surface area contributed by atoms with Gasteiger partial charge >= 0.3 is 0 Å². The van der Waals surface area contributed by atoms with Crippen LogP contribution in [0.4, 0.5) is 34.1 Å². The second kappa shape index (κ2) is 17.0. The number of para-hydroxylation sites is 6. The van der Waals surface area contributed by atoms with E-state index < -0.39 is 0 Å². The molecule has 356 valence electrons. The number of benzene rings is 12. The average molecular weight is 1010 g/mol. The highest BCUT2D eigenvalue weighted by molar-refractivity contribution is 7.28. The van der Waals surface area contributed by atoms with Crippen LogP contribution in [0.1, 0.15) is 0 Å². The molecule has 6 heteroatoms. The van der Waals surface area contributed by atoms with Crippen molar-refractivity contribution in [3.05, 3.63) is 255 Å². The summed E-state index contributed by atoms with van der Waals surface area (Å²) in [5, 5.41) is 12.0. The van der Waals surface area contributed by atoms with E-state index in [0.717, 1.165) is 78.0 Å². The number of hydrogen-bond acceptors (Lipinski definition) is 6. The summed E-state index contributed by atoms with van der Waals surface area (Å²) in [6, 6.07) is 91.9. The molecule has 0 saturated carbocycles. The Kier molecular flexibility index (Phi) is 9.64. The van der Waals surface area contributed by atoms with Gasteiger partial charge in [0.15, 0.2) is 11.2 Å². The van der Waals surface area contributed by atoms with Gasteiger partial charge in [-0.2, -0.15) is 0 Å². The molecule has 0 spiro atoms. The molecular weight excluding hydrogens is 965 g/mol. The van der Waals surface area contributed by atoms with Crippen LogP contribution < -0.4 is 9.80 Å². The number of thiophene rings is 2. The first-order valence-corrected chi connectivity index (χ1v) is 27.3. The molecule has 0 fully saturated rings. The standard InChI is InChI=1S/C70H42N2O2S2/c1-5-19-43(20-6-1)55-41-57-51-37-35-47(71(45-23-9-3-10-24-45)59-31-17-29-53-49-27-13-15-33-61(49)73-67(53)59)39-63(51)76-70(57)66-56(44-21-7-2-8-22-44)42-58-52-38-36-48(40-64(52)75-69(58)65(55)66)72(46-25-11-4-12-26-46)60-32-18-30-54-50-28-14-16-34-62(50)74-68(54)60/h1-42H. The van der Waals surface area contributed by atoms with Crippen molar-refractivity contribution in [2.45, 2.75) is 0 Å². The predicted molar refractivity (Wildman–Crippen MR) is 325 cm³/mol. The van der Waals surface area contributed by atoms with Gasteiger partial charge in [0.1, 0.15) is 11.2 Å². The number of rotatable bonds is 8. The summed E-state index contributed by atoms with van der Waals surface area (Å²) in [5.41, 5.74) is 14.6. The van der Waals surface area contributed by atoms with Crippen molar-refractivity contribution < 1.29 is 8.83 Å². The lowest BCUT2D eigenvalue weighted by Gasteiger charge is -2.25. The van der Waals surface area contributed by atoms with Crippen LogP contribution in [0.3, 0.4) is 0 Å². The fourth-order valence-corrected chi connectivity index (χ4v) is 14.4. The Morgan fingerprint density at radius 2 is 0.658 bits per heavy atom. The molecule has 4 heterocycles. The molecule has 16 rings (SSSR count). The van der Waals surface area contributed by atoms with E-state index in [1.165, 1.54) is 73.4 Å². The number of hydrogen-bond donors (Lipinski definition) is 0. The molecule has 0 radical (unpaired) electrons. The van der Waals surface area contributed by atoms with Gasteiger partial charge < -0.3 is 18.6 Å². The first kappa shape index (κ1) is 43.0. The zero-order valence-corrected chi connectivity index (χ0v) is 42.4. The van der Waals surface area contributed by atoms with E-state index in [-0.39, 0.29) is 0 Å². The zero-order valence-electron chi connectivity index (χ0n) is 40.8. The van der Waals surface area contributed by atoms with Crippen LogP contribution in [0.5, 0.6) is 0 Å². The summed E-state index contributed by atoms with van der Waals surface area (Å²) in [5.74, 6) is 0. The van der Waals surface area contributed by atoms with Crippen LogP contribution in [0.25, 0.3) is 117 Å². The third-order valence-corrected chi connectivity index (χ3v) is 17.6. The van der Waals surface area contributed by atoms with Crippen molar-refractivity contribution in [2.24, 2.45) is 0 Å². The quantitative estimate of drug-likeness (QED) is 0.152. The van der Waals surface area contributed by atoms with E-state index in [4.69, 9.17) is 8.83 Å². The van der Waals surface area contributed by atoms with Gasteiger partial charge in [0.25, 0.3) is 0 Å². The lowest BCUT2D eigenvalue weighted by molar-refractivity contribution is 0.668. The Morgan fingerprint density at radius 3 is 1.09 bits per heavy atom. The van der Waals surface area contributed by atoms with Crippen molar-refractivity contribution in [1.29, 1.82) is 0 Å². The van der Waals surface area contributed by atoms with Crippen LogP contribution in [-0.2, 0) is 0 Å². The molecule has 0 atom stereocenters. The van der Waals surface area contributed by atoms with Crippen molar-refractivity contribution in [3.63, 3.8) is 0 Å². The topological polar surface area (TPSA) is 32.8 Å². The molecule has 4 aromatic heterocycles. The van der Waals surface area contributed by atoms with Gasteiger partial charge in [-0.3, -0.25) is 0 Å². The minimum absolute atomic E-state index is 0.866. The number of nitrogens with zero attached hydrogens (tertiary/aromatic N) is 2. The van der Waals surface area contributed by atoms with Crippen molar-refractivity contribution >= 4 is 152 Å². The van der Waals surface area contributed by atoms with E-state index in [2.05, 4.69) is 252 Å². The Balaban J connectivity index is 0.953. The Labute approximate surface area is 444 Å². The van der Waals surface area contributed by atoms with Crippen LogP contribution in [0.15, 0.2) is 264 Å². The third-order valence-electron chi connectivity index (χ3n) is 15.2. The summed E-state index contributed by atoms with van der Waals surface area (Å²) < 4.78 is 18.4. The summed E-state index contributed by atoms with van der Waals surface area (Å²) in [6.45, 7) is 0. The Hall–Kier alpha value is -9.46. The van der Waals surface area contributed by atoms with Gasteiger partial charge in [-0.15, -0.1) is 22.7 Å². The fraction of sp³-hybridized carbons (Fsp3) is 0. The van der Waals surface area contributed by atoms with E-state index in [9.17, 15) is 0 Å². The molecular formula is C70H42N2O2S2. The van der Waals surface area contributed by atoms with Gasteiger partial charge in [0.2, 0.25) is 0 Å². The van der Waals surface area contributed by atoms with Gasteiger partial charge in [0, 0.05) is 95.4 Å². The van der Waals surface area contributed by atoms with Crippen molar-refractivity contribution in [3.8, 4) is 22.3 Å². The van der Waals surface area contributed by atoms with Crippen LogP contribution in [0, 0.1) is 0 Å².